The van der Waals surface area contributed by atoms with Crippen molar-refractivity contribution in [2.45, 2.75) is 32.6 Å². The fraction of sp³-hybridized carbons (Fsp3) is 0.450. The third-order valence-corrected chi connectivity index (χ3v) is 5.97. The van der Waals surface area contributed by atoms with Crippen LogP contribution >= 0.6 is 23.4 Å². The molecule has 0 aliphatic carbocycles. The fourth-order valence-corrected chi connectivity index (χ4v) is 4.34. The van der Waals surface area contributed by atoms with Gasteiger partial charge in [0.2, 0.25) is 5.91 Å². The number of ether oxygens (including phenoxy) is 1. The van der Waals surface area contributed by atoms with E-state index >= 15 is 0 Å². The zero-order valence-electron chi connectivity index (χ0n) is 16.1. The highest BCUT2D eigenvalue weighted by atomic mass is 35.5. The van der Waals surface area contributed by atoms with Crippen molar-refractivity contribution in [2.75, 3.05) is 26.2 Å². The zero-order chi connectivity index (χ0) is 21.0. The van der Waals surface area contributed by atoms with Gasteiger partial charge < -0.3 is 14.7 Å². The molecule has 2 saturated heterocycles. The van der Waals surface area contributed by atoms with Crippen LogP contribution in [0.2, 0.25) is 5.02 Å². The van der Waals surface area contributed by atoms with Crippen LogP contribution < -0.4 is 4.74 Å². The van der Waals surface area contributed by atoms with Gasteiger partial charge in [-0.1, -0.05) is 24.4 Å². The number of aromatic hydroxyl groups is 1. The van der Waals surface area contributed by atoms with Crippen LogP contribution in [0.15, 0.2) is 17.0 Å². The Morgan fingerprint density at radius 3 is 2.59 bits per heavy atom. The second kappa shape index (κ2) is 9.54. The molecule has 2 aliphatic heterocycles. The van der Waals surface area contributed by atoms with E-state index in [1.807, 2.05) is 0 Å². The van der Waals surface area contributed by atoms with Crippen molar-refractivity contribution in [2.24, 2.45) is 0 Å². The Bertz CT molecular complexity index is 850. The smallest absolute Gasteiger partial charge is 0.294 e. The molecule has 0 saturated carbocycles. The number of hydrogen-bond donors (Lipinski definition) is 1. The zero-order valence-corrected chi connectivity index (χ0v) is 17.7. The predicted molar refractivity (Wildman–Crippen MR) is 112 cm³/mol. The van der Waals surface area contributed by atoms with Gasteiger partial charge in [0.15, 0.2) is 11.5 Å². The average molecular weight is 439 g/mol. The number of benzene rings is 1. The van der Waals surface area contributed by atoms with Gasteiger partial charge in [-0.15, -0.1) is 0 Å². The lowest BCUT2D eigenvalue weighted by Crippen LogP contribution is -2.42. The maximum absolute atomic E-state index is 12.7. The number of thioether (sulfide) groups is 1. The first-order chi connectivity index (χ1) is 13.9. The van der Waals surface area contributed by atoms with Gasteiger partial charge in [0.05, 0.1) is 16.5 Å². The Labute approximate surface area is 178 Å². The molecule has 2 heterocycles. The van der Waals surface area contributed by atoms with Gasteiger partial charge in [0, 0.05) is 13.1 Å². The fourth-order valence-electron chi connectivity index (χ4n) is 3.29. The summed E-state index contributed by atoms with van der Waals surface area (Å²) < 4.78 is 5.34. The van der Waals surface area contributed by atoms with Gasteiger partial charge >= 0.3 is 0 Å². The summed E-state index contributed by atoms with van der Waals surface area (Å²) in [5.74, 6) is -0.698. The third kappa shape index (κ3) is 5.05. The van der Waals surface area contributed by atoms with Gasteiger partial charge in [0.1, 0.15) is 6.54 Å². The van der Waals surface area contributed by atoms with Gasteiger partial charge in [-0.2, -0.15) is 0 Å². The van der Waals surface area contributed by atoms with Crippen LogP contribution in [0.5, 0.6) is 11.5 Å². The largest absolute Gasteiger partial charge is 0.503 e. The van der Waals surface area contributed by atoms with E-state index in [9.17, 15) is 19.5 Å². The molecule has 1 N–H and O–H groups in total. The summed E-state index contributed by atoms with van der Waals surface area (Å²) in [6.07, 6.45) is 5.57. The maximum atomic E-state index is 12.7. The van der Waals surface area contributed by atoms with Gasteiger partial charge in [0.25, 0.3) is 11.1 Å². The molecule has 3 amide bonds. The normalized spacial score (nSPS) is 19.0. The molecule has 0 unspecified atom stereocenters. The summed E-state index contributed by atoms with van der Waals surface area (Å²) in [5.41, 5.74) is 0.514. The van der Waals surface area contributed by atoms with Crippen molar-refractivity contribution in [1.82, 2.24) is 9.80 Å². The molecule has 0 aromatic heterocycles. The highest BCUT2D eigenvalue weighted by Gasteiger charge is 2.37. The number of nitrogens with zero attached hydrogens (tertiary/aromatic N) is 2. The molecule has 1 aromatic carbocycles. The minimum Gasteiger partial charge on any atom is -0.503 e. The van der Waals surface area contributed by atoms with Crippen LogP contribution in [0.4, 0.5) is 4.79 Å². The third-order valence-electron chi connectivity index (χ3n) is 4.77. The van der Waals surface area contributed by atoms with Crippen LogP contribution in [-0.2, 0) is 9.59 Å². The Morgan fingerprint density at radius 1 is 1.24 bits per heavy atom. The van der Waals surface area contributed by atoms with Crippen LogP contribution in [0.1, 0.15) is 38.2 Å². The SMILES string of the molecule is CCOc1cc(/C=C2\SC(=O)N(CC(=O)N3CCCCCC3)C2=O)cc(Cl)c1O. The number of phenols is 1. The minimum absolute atomic E-state index is 0.0813. The molecule has 9 heteroatoms. The van der Waals surface area contributed by atoms with Crippen LogP contribution in [0, 0.1) is 0 Å². The molecule has 156 valence electrons. The second-order valence-corrected chi connectivity index (χ2v) is 8.25. The Balaban J connectivity index is 1.75. The van der Waals surface area contributed by atoms with Gasteiger partial charge in [-0.25, -0.2) is 0 Å². The quantitative estimate of drug-likeness (QED) is 0.702. The number of halogens is 1. The molecule has 0 atom stereocenters. The number of phenolic OH excluding ortho intramolecular Hbond substituents is 1. The van der Waals surface area contributed by atoms with Crippen molar-refractivity contribution >= 4 is 46.5 Å². The average Bonchev–Trinajstić information content (AvgIpc) is 2.89. The molecule has 29 heavy (non-hydrogen) atoms. The van der Waals surface area contributed by atoms with E-state index in [4.69, 9.17) is 16.3 Å². The van der Waals surface area contributed by atoms with Crippen molar-refractivity contribution < 1.29 is 24.2 Å². The van der Waals surface area contributed by atoms with Crippen molar-refractivity contribution in [3.63, 3.8) is 0 Å². The standard InChI is InChI=1S/C20H23ClN2O5S/c1-2-28-15-10-13(9-14(21)18(15)25)11-16-19(26)23(20(27)29-16)12-17(24)22-7-5-3-4-6-8-22/h9-11,25H,2-8,12H2,1H3/b16-11-. The molecule has 2 fully saturated rings. The van der Waals surface area contributed by atoms with Crippen LogP contribution in [-0.4, -0.2) is 58.2 Å². The summed E-state index contributed by atoms with van der Waals surface area (Å²) in [7, 11) is 0. The summed E-state index contributed by atoms with van der Waals surface area (Å²) >= 11 is 6.80. The number of carbonyl (C=O) groups excluding carboxylic acids is 3. The van der Waals surface area contributed by atoms with E-state index in [0.29, 0.717) is 25.3 Å². The van der Waals surface area contributed by atoms with E-state index in [0.717, 1.165) is 42.3 Å². The topological polar surface area (TPSA) is 87.2 Å². The van der Waals surface area contributed by atoms with Crippen molar-refractivity contribution in [1.29, 1.82) is 0 Å². The second-order valence-electron chi connectivity index (χ2n) is 6.85. The summed E-state index contributed by atoms with van der Waals surface area (Å²) in [6, 6.07) is 3.02. The number of rotatable bonds is 5. The first kappa shape index (κ1) is 21.5. The Hall–Kier alpha value is -2.19. The van der Waals surface area contributed by atoms with E-state index in [1.54, 1.807) is 17.9 Å². The van der Waals surface area contributed by atoms with Crippen molar-refractivity contribution in [3.8, 4) is 11.5 Å². The first-order valence-electron chi connectivity index (χ1n) is 9.59. The monoisotopic (exact) mass is 438 g/mol. The molecular weight excluding hydrogens is 416 g/mol. The van der Waals surface area contributed by atoms with Gasteiger partial charge in [-0.05, 0) is 55.3 Å². The van der Waals surface area contributed by atoms with Crippen LogP contribution in [0.3, 0.4) is 0 Å². The summed E-state index contributed by atoms with van der Waals surface area (Å²) in [5, 5.41) is 9.55. The Kier molecular flexibility index (Phi) is 7.08. The molecule has 3 rings (SSSR count). The van der Waals surface area contributed by atoms with Crippen molar-refractivity contribution in [3.05, 3.63) is 27.6 Å². The lowest BCUT2D eigenvalue weighted by atomic mass is 10.2. The van der Waals surface area contributed by atoms with E-state index in [2.05, 4.69) is 0 Å². The molecule has 0 spiro atoms. The first-order valence-corrected chi connectivity index (χ1v) is 10.8. The minimum atomic E-state index is -0.509. The highest BCUT2D eigenvalue weighted by molar-refractivity contribution is 8.18. The molecule has 7 nitrogen and oxygen atoms in total. The number of imide groups is 1. The lowest BCUT2D eigenvalue weighted by molar-refractivity contribution is -0.135. The lowest BCUT2D eigenvalue weighted by Gasteiger charge is -2.22. The van der Waals surface area contributed by atoms with E-state index in [-0.39, 0.29) is 33.9 Å². The number of carbonyl (C=O) groups is 3. The number of hydrogen-bond acceptors (Lipinski definition) is 6. The number of amides is 3. The van der Waals surface area contributed by atoms with E-state index in [1.165, 1.54) is 12.1 Å². The van der Waals surface area contributed by atoms with Gasteiger partial charge in [-0.3, -0.25) is 19.3 Å². The predicted octanol–water partition coefficient (Wildman–Crippen LogP) is 3.88. The number of likely N-dealkylation sites (tertiary alicyclic amines) is 1. The summed E-state index contributed by atoms with van der Waals surface area (Å²) in [6.45, 7) is 3.19. The highest BCUT2D eigenvalue weighted by Crippen LogP contribution is 2.38. The Morgan fingerprint density at radius 2 is 1.93 bits per heavy atom. The molecule has 1 aromatic rings. The van der Waals surface area contributed by atoms with E-state index < -0.39 is 11.1 Å². The molecule has 2 aliphatic rings. The molecule has 0 radical (unpaired) electrons. The molecule has 0 bridgehead atoms. The van der Waals surface area contributed by atoms with Crippen LogP contribution in [0.25, 0.3) is 6.08 Å². The molecular formula is C20H23ClN2O5S. The summed E-state index contributed by atoms with van der Waals surface area (Å²) in [4.78, 5) is 40.5. The maximum Gasteiger partial charge on any atom is 0.294 e.